The molecular weight excluding hydrogens is 871 g/mol. The molecule has 0 aromatic heterocycles. The van der Waals surface area contributed by atoms with Gasteiger partial charge in [0.1, 0.15) is 13.2 Å². The van der Waals surface area contributed by atoms with Crippen LogP contribution in [0.1, 0.15) is 219 Å². The van der Waals surface area contributed by atoms with Crippen molar-refractivity contribution in [2.24, 2.45) is 49.7 Å². The van der Waals surface area contributed by atoms with Gasteiger partial charge < -0.3 is 46.7 Å². The molecule has 0 bridgehead atoms. The second-order valence-electron chi connectivity index (χ2n) is 24.5. The third-order valence-corrected chi connectivity index (χ3v) is 13.2. The first-order valence-electron chi connectivity index (χ1n) is 26.7. The fourth-order valence-corrected chi connectivity index (χ4v) is 9.54. The molecule has 0 radical (unpaired) electrons. The zero-order valence-corrected chi connectivity index (χ0v) is 46.7. The van der Waals surface area contributed by atoms with Crippen molar-refractivity contribution >= 4 is 17.9 Å². The van der Waals surface area contributed by atoms with E-state index in [9.17, 15) is 29.7 Å². The van der Waals surface area contributed by atoms with Crippen LogP contribution < -0.4 is 17.2 Å². The normalized spacial score (nSPS) is 16.7. The maximum absolute atomic E-state index is 14.1. The number of carbonyl (C=O) groups excluding carboxylic acids is 3. The number of esters is 3. The van der Waals surface area contributed by atoms with Gasteiger partial charge in [-0.3, -0.25) is 14.4 Å². The van der Waals surface area contributed by atoms with E-state index >= 15 is 0 Å². The summed E-state index contributed by atoms with van der Waals surface area (Å²) in [5.74, 6) is -1.52. The lowest BCUT2D eigenvalue weighted by Gasteiger charge is -2.34. The van der Waals surface area contributed by atoms with E-state index in [0.29, 0.717) is 38.5 Å². The molecule has 6 unspecified atom stereocenters. The minimum atomic E-state index is -1.09. The summed E-state index contributed by atoms with van der Waals surface area (Å²) in [7, 11) is 0. The molecular formula is C57H107N3O9. The third kappa shape index (κ3) is 28.9. The quantitative estimate of drug-likeness (QED) is 0.0147. The molecule has 0 aromatic rings. The van der Waals surface area contributed by atoms with Crippen LogP contribution in [0, 0.1) is 32.5 Å². The maximum atomic E-state index is 14.1. The van der Waals surface area contributed by atoms with Gasteiger partial charge in [-0.15, -0.1) is 0 Å². The van der Waals surface area contributed by atoms with Gasteiger partial charge in [0.25, 0.3) is 0 Å². The van der Waals surface area contributed by atoms with Crippen LogP contribution in [0.25, 0.3) is 0 Å². The summed E-state index contributed by atoms with van der Waals surface area (Å²) in [6.45, 7) is 28.7. The molecule has 0 saturated carbocycles. The van der Waals surface area contributed by atoms with E-state index in [-0.39, 0.29) is 31.3 Å². The number of rotatable bonds is 38. The number of nitrogens with two attached hydrogens (primary N) is 3. The molecule has 69 heavy (non-hydrogen) atoms. The lowest BCUT2D eigenvalue weighted by molar-refractivity contribution is -0.179. The molecule has 0 rings (SSSR count). The van der Waals surface area contributed by atoms with Crippen LogP contribution in [-0.2, 0) is 28.6 Å². The average Bonchev–Trinajstić information content (AvgIpc) is 3.22. The Hall–Kier alpha value is -2.61. The number of ether oxygens (including phenoxy) is 3. The molecule has 12 heteroatoms. The lowest BCUT2D eigenvalue weighted by Crippen LogP contribution is -2.40. The number of aliphatic hydroxyl groups is 3. The number of unbranched alkanes of at least 4 members (excludes halogenated alkanes) is 6. The van der Waals surface area contributed by atoms with Crippen LogP contribution in [-0.4, -0.2) is 89.0 Å². The highest BCUT2D eigenvalue weighted by molar-refractivity contribution is 5.78. The standard InChI is InChI=1S/C57H107N3O9/c1-16-19-22-28-43(58)46(61)31-25-34-52(4,5)39-55(10,11)49(64)67-37-42(69-51(66)57(14,15)41-54(8,9)36-27-33-48(63)45(60)30-24-21-18-3)38-68-50(65)56(12,13)40-53(6,7)35-26-32-47(62)44(59)29-23-20-17-2/h25-27,34-36,42-48,61-63H,16-24,28-33,37-41,58-60H2,1-15H3/b34-25+,35-26+,36-27+. The van der Waals surface area contributed by atoms with Gasteiger partial charge in [0, 0.05) is 18.1 Å². The zero-order chi connectivity index (χ0) is 53.3. The largest absolute Gasteiger partial charge is 0.461 e. The van der Waals surface area contributed by atoms with Crippen molar-refractivity contribution in [3.8, 4) is 0 Å². The van der Waals surface area contributed by atoms with Crippen molar-refractivity contribution in [2.75, 3.05) is 13.2 Å². The van der Waals surface area contributed by atoms with Crippen molar-refractivity contribution < 1.29 is 43.9 Å². The highest BCUT2D eigenvalue weighted by atomic mass is 16.6. The number of aliphatic hydroxyl groups excluding tert-OH is 3. The Balaban J connectivity index is 6.16. The molecule has 0 spiro atoms. The van der Waals surface area contributed by atoms with Gasteiger partial charge in [-0.05, 0) is 116 Å². The molecule has 404 valence electrons. The van der Waals surface area contributed by atoms with Crippen LogP contribution in [0.5, 0.6) is 0 Å². The van der Waals surface area contributed by atoms with E-state index in [1.165, 1.54) is 0 Å². The maximum Gasteiger partial charge on any atom is 0.312 e. The Morgan fingerprint density at radius 3 is 0.971 bits per heavy atom. The molecule has 0 aliphatic heterocycles. The van der Waals surface area contributed by atoms with E-state index in [0.717, 1.165) is 77.0 Å². The van der Waals surface area contributed by atoms with Gasteiger partial charge in [-0.25, -0.2) is 0 Å². The van der Waals surface area contributed by atoms with E-state index in [2.05, 4.69) is 20.8 Å². The van der Waals surface area contributed by atoms with Crippen LogP contribution in [0.2, 0.25) is 0 Å². The smallest absolute Gasteiger partial charge is 0.312 e. The first kappa shape index (κ1) is 66.4. The van der Waals surface area contributed by atoms with Crippen LogP contribution in [0.15, 0.2) is 36.5 Å². The molecule has 0 aliphatic carbocycles. The molecule has 0 aliphatic rings. The van der Waals surface area contributed by atoms with Crippen molar-refractivity contribution in [2.45, 2.75) is 262 Å². The fraction of sp³-hybridized carbons (Fsp3) is 0.842. The number of allylic oxidation sites excluding steroid dienone is 3. The van der Waals surface area contributed by atoms with E-state index in [4.69, 9.17) is 31.4 Å². The minimum Gasteiger partial charge on any atom is -0.461 e. The monoisotopic (exact) mass is 978 g/mol. The van der Waals surface area contributed by atoms with Crippen LogP contribution in [0.4, 0.5) is 0 Å². The second-order valence-corrected chi connectivity index (χ2v) is 24.5. The van der Waals surface area contributed by atoms with Gasteiger partial charge in [-0.2, -0.15) is 0 Å². The van der Waals surface area contributed by atoms with Gasteiger partial charge in [0.15, 0.2) is 6.10 Å². The Labute approximate surface area is 421 Å². The van der Waals surface area contributed by atoms with Crippen molar-refractivity contribution in [3.63, 3.8) is 0 Å². The Bertz CT molecular complexity index is 1470. The topological polar surface area (TPSA) is 218 Å². The molecule has 0 saturated heterocycles. The molecule has 0 amide bonds. The summed E-state index contributed by atoms with van der Waals surface area (Å²) in [6.07, 6.45) is 23.0. The number of hydrogen-bond donors (Lipinski definition) is 6. The molecule has 6 atom stereocenters. The average molecular weight is 978 g/mol. The van der Waals surface area contributed by atoms with E-state index in [1.807, 2.05) is 106 Å². The summed E-state index contributed by atoms with van der Waals surface area (Å²) in [5.41, 5.74) is 14.5. The molecule has 0 aromatic carbocycles. The van der Waals surface area contributed by atoms with Gasteiger partial charge >= 0.3 is 17.9 Å². The zero-order valence-electron chi connectivity index (χ0n) is 46.7. The summed E-state index contributed by atoms with van der Waals surface area (Å²) in [6, 6.07) is -0.893. The molecule has 9 N–H and O–H groups in total. The summed E-state index contributed by atoms with van der Waals surface area (Å²) in [5, 5.41) is 31.9. The van der Waals surface area contributed by atoms with Gasteiger partial charge in [0.05, 0.1) is 34.6 Å². The highest BCUT2D eigenvalue weighted by Crippen LogP contribution is 2.39. The predicted octanol–water partition coefficient (Wildman–Crippen LogP) is 11.0. The van der Waals surface area contributed by atoms with Gasteiger partial charge in [0.2, 0.25) is 0 Å². The van der Waals surface area contributed by atoms with Crippen LogP contribution in [0.3, 0.4) is 0 Å². The predicted molar refractivity (Wildman–Crippen MR) is 284 cm³/mol. The van der Waals surface area contributed by atoms with Crippen molar-refractivity contribution in [1.82, 2.24) is 0 Å². The van der Waals surface area contributed by atoms with Gasteiger partial charge in [-0.1, -0.05) is 157 Å². The van der Waals surface area contributed by atoms with E-state index < -0.39 is 74.8 Å². The SMILES string of the molecule is CCCCCC(N)C(O)C/C=C/C(C)(C)CC(C)(C)C(=O)OCC(COC(=O)C(C)(C)CC(C)(C)/C=C/CC(O)C(N)CCCCC)OC(=O)C(C)(C)CC(C)(C)/C=C/CC(O)C(N)CCCCC. The lowest BCUT2D eigenvalue weighted by atomic mass is 9.74. The van der Waals surface area contributed by atoms with Crippen LogP contribution >= 0.6 is 0 Å². The minimum absolute atomic E-state index is 0.295. The highest BCUT2D eigenvalue weighted by Gasteiger charge is 2.40. The number of hydrogen-bond acceptors (Lipinski definition) is 12. The second kappa shape index (κ2) is 31.8. The molecule has 0 fully saturated rings. The van der Waals surface area contributed by atoms with Crippen molar-refractivity contribution in [3.05, 3.63) is 36.5 Å². The Morgan fingerprint density at radius 1 is 0.449 bits per heavy atom. The Morgan fingerprint density at radius 2 is 0.710 bits per heavy atom. The fourth-order valence-electron chi connectivity index (χ4n) is 9.54. The number of carbonyl (C=O) groups is 3. The summed E-state index contributed by atoms with van der Waals surface area (Å²) in [4.78, 5) is 41.7. The summed E-state index contributed by atoms with van der Waals surface area (Å²) >= 11 is 0. The van der Waals surface area contributed by atoms with Crippen molar-refractivity contribution in [1.29, 1.82) is 0 Å². The molecule has 0 heterocycles. The first-order valence-corrected chi connectivity index (χ1v) is 26.7. The molecule has 12 nitrogen and oxygen atoms in total. The summed E-state index contributed by atoms with van der Waals surface area (Å²) < 4.78 is 17.9. The van der Waals surface area contributed by atoms with E-state index in [1.54, 1.807) is 13.8 Å². The third-order valence-electron chi connectivity index (χ3n) is 13.2. The Kier molecular flexibility index (Phi) is 30.6. The first-order chi connectivity index (χ1) is 31.8.